The lowest BCUT2D eigenvalue weighted by Gasteiger charge is -2.41. The molecule has 0 aromatic heterocycles. The molecular weight excluding hydrogens is 397 g/mol. The number of nitrogens with zero attached hydrogens (tertiary/aromatic N) is 3. The van der Waals surface area contributed by atoms with E-state index in [4.69, 9.17) is 16.6 Å². The van der Waals surface area contributed by atoms with Crippen molar-refractivity contribution in [1.29, 1.82) is 0 Å². The summed E-state index contributed by atoms with van der Waals surface area (Å²) in [7, 11) is 8.15. The predicted molar refractivity (Wildman–Crippen MR) is 102 cm³/mol. The van der Waals surface area contributed by atoms with Crippen LogP contribution in [0.5, 0.6) is 0 Å². The van der Waals surface area contributed by atoms with Crippen LogP contribution < -0.4 is 0 Å². The number of guanidine groups is 1. The van der Waals surface area contributed by atoms with Gasteiger partial charge in [-0.15, -0.1) is 24.0 Å². The van der Waals surface area contributed by atoms with Gasteiger partial charge in [-0.3, -0.25) is 4.99 Å². The first kappa shape index (κ1) is 18.6. The molecule has 3 nitrogen and oxygen atoms in total. The molecule has 1 aromatic carbocycles. The van der Waals surface area contributed by atoms with Crippen molar-refractivity contribution in [3.05, 3.63) is 34.9 Å². The van der Waals surface area contributed by atoms with Gasteiger partial charge in [0.15, 0.2) is 5.96 Å². The largest absolute Gasteiger partial charge is 0.349 e. The molecule has 21 heavy (non-hydrogen) atoms. The Balaban J connectivity index is 0.00000220. The summed E-state index contributed by atoms with van der Waals surface area (Å²) >= 11 is 5.99. The van der Waals surface area contributed by atoms with Gasteiger partial charge in [0.2, 0.25) is 0 Å². The maximum Gasteiger partial charge on any atom is 0.195 e. The zero-order valence-corrected chi connectivity index (χ0v) is 16.4. The molecular formula is C16H25ClIN3. The molecule has 0 spiro atoms. The van der Waals surface area contributed by atoms with Crippen molar-refractivity contribution in [2.75, 3.05) is 34.7 Å². The smallest absolute Gasteiger partial charge is 0.195 e. The minimum atomic E-state index is 0. The van der Waals surface area contributed by atoms with Crippen molar-refractivity contribution in [3.8, 4) is 0 Å². The van der Waals surface area contributed by atoms with Crippen LogP contribution in [-0.2, 0) is 5.41 Å². The molecule has 0 amide bonds. The zero-order chi connectivity index (χ0) is 14.8. The van der Waals surface area contributed by atoms with Gasteiger partial charge in [-0.1, -0.05) is 30.2 Å². The summed E-state index contributed by atoms with van der Waals surface area (Å²) in [6.45, 7) is 0.848. The maximum absolute atomic E-state index is 5.99. The number of hydrogen-bond donors (Lipinski definition) is 0. The Morgan fingerprint density at radius 2 is 1.62 bits per heavy atom. The van der Waals surface area contributed by atoms with Crippen LogP contribution in [0, 0.1) is 0 Å². The Kier molecular flexibility index (Phi) is 6.78. The van der Waals surface area contributed by atoms with E-state index in [1.54, 1.807) is 0 Å². The standard InChI is InChI=1S/C16H24ClN3.HI/c1-19(2)15(20(3)4)18-12-16(10-5-11-16)13-6-8-14(17)9-7-13;/h6-9H,5,10-12H2,1-4H3;1H. The molecule has 2 rings (SSSR count). The second kappa shape index (κ2) is 7.68. The van der Waals surface area contributed by atoms with Crippen LogP contribution in [0.15, 0.2) is 29.3 Å². The van der Waals surface area contributed by atoms with E-state index >= 15 is 0 Å². The first-order valence-corrected chi connectivity index (χ1v) is 7.47. The highest BCUT2D eigenvalue weighted by Crippen LogP contribution is 2.44. The van der Waals surface area contributed by atoms with Crippen LogP contribution in [0.25, 0.3) is 0 Å². The first-order chi connectivity index (χ1) is 9.44. The fourth-order valence-corrected chi connectivity index (χ4v) is 2.98. The van der Waals surface area contributed by atoms with Crippen molar-refractivity contribution in [2.45, 2.75) is 24.7 Å². The van der Waals surface area contributed by atoms with Gasteiger partial charge in [0.05, 0.1) is 6.54 Å². The number of rotatable bonds is 3. The molecule has 1 aliphatic rings. The van der Waals surface area contributed by atoms with Crippen LogP contribution >= 0.6 is 35.6 Å². The van der Waals surface area contributed by atoms with Gasteiger partial charge in [-0.05, 0) is 30.5 Å². The number of aliphatic imine (C=N–C) groups is 1. The summed E-state index contributed by atoms with van der Waals surface area (Å²) in [6, 6.07) is 8.28. The predicted octanol–water partition coefficient (Wildman–Crippen LogP) is 3.86. The van der Waals surface area contributed by atoms with Crippen LogP contribution in [0.1, 0.15) is 24.8 Å². The SMILES string of the molecule is CN(C)C(=NCC1(c2ccc(Cl)cc2)CCC1)N(C)C.I. The Hall–Kier alpha value is -0.490. The van der Waals surface area contributed by atoms with E-state index in [2.05, 4.69) is 21.9 Å². The van der Waals surface area contributed by atoms with Gasteiger partial charge in [0.1, 0.15) is 0 Å². The zero-order valence-electron chi connectivity index (χ0n) is 13.3. The summed E-state index contributed by atoms with van der Waals surface area (Å²) in [5.41, 5.74) is 1.58. The molecule has 0 saturated heterocycles. The van der Waals surface area contributed by atoms with Gasteiger partial charge in [0, 0.05) is 38.6 Å². The topological polar surface area (TPSA) is 18.8 Å². The van der Waals surface area contributed by atoms with Gasteiger partial charge in [-0.2, -0.15) is 0 Å². The highest BCUT2D eigenvalue weighted by molar-refractivity contribution is 14.0. The summed E-state index contributed by atoms with van der Waals surface area (Å²) < 4.78 is 0. The van der Waals surface area contributed by atoms with Crippen LogP contribution in [0.4, 0.5) is 0 Å². The molecule has 0 bridgehead atoms. The molecule has 0 atom stereocenters. The van der Waals surface area contributed by atoms with Gasteiger partial charge in [0.25, 0.3) is 0 Å². The molecule has 0 radical (unpaired) electrons. The number of benzene rings is 1. The van der Waals surface area contributed by atoms with E-state index in [9.17, 15) is 0 Å². The van der Waals surface area contributed by atoms with Crippen molar-refractivity contribution in [3.63, 3.8) is 0 Å². The minimum Gasteiger partial charge on any atom is -0.349 e. The Labute approximate surface area is 150 Å². The Bertz CT molecular complexity index is 469. The summed E-state index contributed by atoms with van der Waals surface area (Å²) in [5.74, 6) is 1.02. The van der Waals surface area contributed by atoms with Crippen LogP contribution in [0.2, 0.25) is 5.02 Å². The number of hydrogen-bond acceptors (Lipinski definition) is 1. The van der Waals surface area contributed by atoms with Crippen molar-refractivity contribution < 1.29 is 0 Å². The van der Waals surface area contributed by atoms with Crippen molar-refractivity contribution in [1.82, 2.24) is 9.80 Å². The van der Waals surface area contributed by atoms with E-state index < -0.39 is 0 Å². The molecule has 5 heteroatoms. The lowest BCUT2D eigenvalue weighted by Crippen LogP contribution is -2.41. The van der Waals surface area contributed by atoms with Crippen LogP contribution in [-0.4, -0.2) is 50.5 Å². The molecule has 1 aliphatic carbocycles. The van der Waals surface area contributed by atoms with Gasteiger partial charge >= 0.3 is 0 Å². The third kappa shape index (κ3) is 4.25. The molecule has 1 aromatic rings. The molecule has 118 valence electrons. The first-order valence-electron chi connectivity index (χ1n) is 7.10. The van der Waals surface area contributed by atoms with Crippen molar-refractivity contribution in [2.24, 2.45) is 4.99 Å². The average molecular weight is 422 g/mol. The number of halogens is 2. The lowest BCUT2D eigenvalue weighted by molar-refractivity contribution is 0.252. The highest BCUT2D eigenvalue weighted by atomic mass is 127. The second-order valence-electron chi connectivity index (χ2n) is 6.05. The van der Waals surface area contributed by atoms with Crippen molar-refractivity contribution >= 4 is 41.5 Å². The maximum atomic E-state index is 5.99. The molecule has 1 saturated carbocycles. The molecule has 0 aliphatic heterocycles. The summed E-state index contributed by atoms with van der Waals surface area (Å²) in [6.07, 6.45) is 3.72. The highest BCUT2D eigenvalue weighted by Gasteiger charge is 2.38. The molecule has 1 fully saturated rings. The second-order valence-corrected chi connectivity index (χ2v) is 6.48. The Morgan fingerprint density at radius 3 is 2.00 bits per heavy atom. The third-order valence-corrected chi connectivity index (χ3v) is 4.34. The minimum absolute atomic E-state index is 0. The third-order valence-electron chi connectivity index (χ3n) is 4.09. The average Bonchev–Trinajstić information content (AvgIpc) is 2.33. The van der Waals surface area contributed by atoms with E-state index in [1.165, 1.54) is 24.8 Å². The fourth-order valence-electron chi connectivity index (χ4n) is 2.85. The summed E-state index contributed by atoms with van der Waals surface area (Å²) in [4.78, 5) is 8.98. The fraction of sp³-hybridized carbons (Fsp3) is 0.562. The molecule has 0 unspecified atom stereocenters. The van der Waals surface area contributed by atoms with Gasteiger partial charge < -0.3 is 9.80 Å². The monoisotopic (exact) mass is 421 g/mol. The lowest BCUT2D eigenvalue weighted by atomic mass is 9.64. The van der Waals surface area contributed by atoms with Gasteiger partial charge in [-0.25, -0.2) is 0 Å². The van der Waals surface area contributed by atoms with Crippen LogP contribution in [0.3, 0.4) is 0 Å². The van der Waals surface area contributed by atoms with E-state index in [0.29, 0.717) is 0 Å². The van der Waals surface area contributed by atoms with E-state index in [-0.39, 0.29) is 29.4 Å². The Morgan fingerprint density at radius 1 is 1.10 bits per heavy atom. The normalized spacial score (nSPS) is 15.5. The summed E-state index contributed by atoms with van der Waals surface area (Å²) in [5, 5.41) is 0.800. The van der Waals surface area contributed by atoms with E-state index in [0.717, 1.165) is 17.5 Å². The molecule has 0 N–H and O–H groups in total. The quantitative estimate of drug-likeness (QED) is 0.419. The molecule has 0 heterocycles. The van der Waals surface area contributed by atoms with E-state index in [1.807, 2.05) is 40.3 Å².